The van der Waals surface area contributed by atoms with Gasteiger partial charge in [0, 0.05) is 50.4 Å². The lowest BCUT2D eigenvalue weighted by Gasteiger charge is -2.34. The van der Waals surface area contributed by atoms with E-state index in [0.29, 0.717) is 0 Å². The van der Waals surface area contributed by atoms with E-state index >= 15 is 0 Å². The van der Waals surface area contributed by atoms with E-state index in [-0.39, 0.29) is 5.56 Å². The highest BCUT2D eigenvalue weighted by Crippen LogP contribution is 2.27. The Kier molecular flexibility index (Phi) is 5.52. The lowest BCUT2D eigenvalue weighted by Crippen LogP contribution is -2.47. The maximum absolute atomic E-state index is 12.9. The Morgan fingerprint density at radius 1 is 1.06 bits per heavy atom. The van der Waals surface area contributed by atoms with E-state index in [1.165, 1.54) is 5.56 Å². The minimum Gasteiger partial charge on any atom is -0.354 e. The van der Waals surface area contributed by atoms with Gasteiger partial charge < -0.3 is 9.42 Å². The van der Waals surface area contributed by atoms with Crippen LogP contribution in [0.1, 0.15) is 41.9 Å². The number of piperazine rings is 1. The second kappa shape index (κ2) is 8.46. The molecule has 1 aromatic carbocycles. The van der Waals surface area contributed by atoms with E-state index in [0.717, 1.165) is 105 Å². The van der Waals surface area contributed by atoms with E-state index in [9.17, 15) is 4.79 Å². The molecular weight excluding hydrogens is 390 g/mol. The van der Waals surface area contributed by atoms with Crippen LogP contribution in [-0.2, 0) is 19.4 Å². The Morgan fingerprint density at radius 2 is 1.90 bits per heavy atom. The molecule has 164 valence electrons. The molecule has 0 radical (unpaired) electrons. The summed E-state index contributed by atoms with van der Waals surface area (Å²) in [7, 11) is 0. The smallest absolute Gasteiger partial charge is 0.256 e. The van der Waals surface area contributed by atoms with Gasteiger partial charge in [-0.1, -0.05) is 11.2 Å². The summed E-state index contributed by atoms with van der Waals surface area (Å²) < 4.78 is 7.45. The first-order valence-corrected chi connectivity index (χ1v) is 11.5. The highest BCUT2D eigenvalue weighted by atomic mass is 16.5. The molecule has 0 unspecified atom stereocenters. The second-order valence-electron chi connectivity index (χ2n) is 8.94. The van der Waals surface area contributed by atoms with Gasteiger partial charge in [0.05, 0.1) is 5.39 Å². The van der Waals surface area contributed by atoms with Crippen LogP contribution in [0.25, 0.3) is 11.0 Å². The molecule has 1 saturated heterocycles. The van der Waals surface area contributed by atoms with Crippen molar-refractivity contribution in [3.63, 3.8) is 0 Å². The van der Waals surface area contributed by atoms with Gasteiger partial charge in [0.1, 0.15) is 5.82 Å². The third-order valence-electron chi connectivity index (χ3n) is 6.76. The number of nitrogens with zero attached hydrogens (tertiary/aromatic N) is 5. The molecule has 0 spiro atoms. The third kappa shape index (κ3) is 3.99. The summed E-state index contributed by atoms with van der Waals surface area (Å²) in [5.41, 5.74) is 4.08. The molecule has 0 aliphatic carbocycles. The molecule has 0 atom stereocenters. The largest absolute Gasteiger partial charge is 0.354 e. The number of hydrogen-bond donors (Lipinski definition) is 0. The van der Waals surface area contributed by atoms with Crippen LogP contribution in [0.5, 0.6) is 0 Å². The topological polar surface area (TPSA) is 67.4 Å². The molecule has 3 aromatic rings. The first kappa shape index (κ1) is 20.2. The zero-order valence-electron chi connectivity index (χ0n) is 18.6. The number of anilines is 1. The van der Waals surface area contributed by atoms with Crippen LogP contribution in [-0.4, -0.2) is 52.3 Å². The van der Waals surface area contributed by atoms with Crippen molar-refractivity contribution >= 4 is 16.8 Å². The van der Waals surface area contributed by atoms with Crippen molar-refractivity contribution in [2.75, 3.05) is 37.6 Å². The maximum Gasteiger partial charge on any atom is 0.256 e. The Balaban J connectivity index is 1.17. The number of benzene rings is 1. The van der Waals surface area contributed by atoms with Gasteiger partial charge in [-0.3, -0.25) is 14.3 Å². The van der Waals surface area contributed by atoms with Gasteiger partial charge in [0.2, 0.25) is 0 Å². The monoisotopic (exact) mass is 421 g/mol. The zero-order valence-corrected chi connectivity index (χ0v) is 18.6. The number of hydrogen-bond acceptors (Lipinski definition) is 6. The Hall–Kier alpha value is -2.67. The molecule has 0 bridgehead atoms. The van der Waals surface area contributed by atoms with Crippen LogP contribution in [0.15, 0.2) is 27.5 Å². The van der Waals surface area contributed by atoms with Gasteiger partial charge in [-0.25, -0.2) is 4.98 Å². The van der Waals surface area contributed by atoms with E-state index < -0.39 is 0 Å². The van der Waals surface area contributed by atoms with Crippen molar-refractivity contribution < 1.29 is 4.52 Å². The predicted molar refractivity (Wildman–Crippen MR) is 122 cm³/mol. The van der Waals surface area contributed by atoms with Crippen LogP contribution < -0.4 is 10.5 Å². The summed E-state index contributed by atoms with van der Waals surface area (Å²) in [6.45, 7) is 9.78. The molecule has 7 heteroatoms. The molecule has 2 aromatic heterocycles. The molecule has 2 aliphatic rings. The fourth-order valence-electron chi connectivity index (χ4n) is 4.94. The standard InChI is InChI=1S/C24H31N5O2/c1-17-8-9-20-21(16-17)31-26-23(20)28-14-12-27(13-15-28)10-5-6-19-18(2)25-22-7-3-4-11-29(22)24(19)30/h8-9,16H,3-7,10-15H2,1-2H3. The van der Waals surface area contributed by atoms with Gasteiger partial charge >= 0.3 is 0 Å². The van der Waals surface area contributed by atoms with Gasteiger partial charge in [-0.05, 0) is 63.8 Å². The van der Waals surface area contributed by atoms with Crippen LogP contribution in [0.4, 0.5) is 5.82 Å². The van der Waals surface area contributed by atoms with Crippen molar-refractivity contribution in [3.8, 4) is 0 Å². The SMILES string of the molecule is Cc1ccc2c(N3CCN(CCCc4c(C)nc5n(c4=O)CCCC5)CC3)noc2c1. The van der Waals surface area contributed by atoms with Gasteiger partial charge in [0.25, 0.3) is 5.56 Å². The molecule has 4 heterocycles. The van der Waals surface area contributed by atoms with E-state index in [1.807, 2.05) is 17.6 Å². The lowest BCUT2D eigenvalue weighted by atomic mass is 10.1. The maximum atomic E-state index is 12.9. The zero-order chi connectivity index (χ0) is 21.4. The third-order valence-corrected chi connectivity index (χ3v) is 6.76. The average molecular weight is 422 g/mol. The molecule has 0 N–H and O–H groups in total. The molecule has 2 aliphatic heterocycles. The van der Waals surface area contributed by atoms with Crippen LogP contribution >= 0.6 is 0 Å². The summed E-state index contributed by atoms with van der Waals surface area (Å²) in [5, 5.41) is 5.42. The molecular formula is C24H31N5O2. The Labute approximate surface area is 182 Å². The predicted octanol–water partition coefficient (Wildman–Crippen LogP) is 3.09. The first-order valence-electron chi connectivity index (χ1n) is 11.5. The van der Waals surface area contributed by atoms with Gasteiger partial charge in [-0.2, -0.15) is 0 Å². The van der Waals surface area contributed by atoms with Gasteiger partial charge in [0.15, 0.2) is 11.4 Å². The number of aromatic nitrogens is 3. The van der Waals surface area contributed by atoms with Crippen molar-refractivity contribution in [1.29, 1.82) is 0 Å². The van der Waals surface area contributed by atoms with Crippen molar-refractivity contribution in [2.45, 2.75) is 52.5 Å². The molecule has 31 heavy (non-hydrogen) atoms. The van der Waals surface area contributed by atoms with Crippen molar-refractivity contribution in [2.24, 2.45) is 0 Å². The summed E-state index contributed by atoms with van der Waals surface area (Å²) in [6, 6.07) is 6.26. The molecule has 7 nitrogen and oxygen atoms in total. The van der Waals surface area contributed by atoms with Gasteiger partial charge in [-0.15, -0.1) is 0 Å². The number of fused-ring (bicyclic) bond motifs is 2. The first-order chi connectivity index (χ1) is 15.1. The summed E-state index contributed by atoms with van der Waals surface area (Å²) in [4.78, 5) is 22.5. The Bertz CT molecular complexity index is 1140. The van der Waals surface area contributed by atoms with E-state index in [4.69, 9.17) is 9.51 Å². The molecule has 0 saturated carbocycles. The Morgan fingerprint density at radius 3 is 2.74 bits per heavy atom. The number of aryl methyl sites for hydroxylation is 3. The van der Waals surface area contributed by atoms with Crippen LogP contribution in [0.2, 0.25) is 0 Å². The summed E-state index contributed by atoms with van der Waals surface area (Å²) in [6.07, 6.45) is 4.96. The number of rotatable bonds is 5. The second-order valence-corrected chi connectivity index (χ2v) is 8.94. The van der Waals surface area contributed by atoms with Crippen molar-refractivity contribution in [3.05, 3.63) is 51.2 Å². The highest BCUT2D eigenvalue weighted by Gasteiger charge is 2.22. The fraction of sp³-hybridized carbons (Fsp3) is 0.542. The molecule has 0 amide bonds. The summed E-state index contributed by atoms with van der Waals surface area (Å²) >= 11 is 0. The quantitative estimate of drug-likeness (QED) is 0.631. The molecule has 1 fully saturated rings. The fourth-order valence-corrected chi connectivity index (χ4v) is 4.94. The van der Waals surface area contributed by atoms with Crippen LogP contribution in [0, 0.1) is 13.8 Å². The highest BCUT2D eigenvalue weighted by molar-refractivity contribution is 5.89. The molecule has 5 rings (SSSR count). The van der Waals surface area contributed by atoms with E-state index in [2.05, 4.69) is 34.0 Å². The lowest BCUT2D eigenvalue weighted by molar-refractivity contribution is 0.253. The summed E-state index contributed by atoms with van der Waals surface area (Å²) in [5.74, 6) is 1.93. The average Bonchev–Trinajstić information content (AvgIpc) is 3.19. The van der Waals surface area contributed by atoms with Crippen molar-refractivity contribution in [1.82, 2.24) is 19.6 Å². The van der Waals surface area contributed by atoms with E-state index in [1.54, 1.807) is 0 Å². The normalized spacial score (nSPS) is 17.3. The van der Waals surface area contributed by atoms with Crippen LogP contribution in [0.3, 0.4) is 0 Å². The minimum atomic E-state index is 0.195. The minimum absolute atomic E-state index is 0.195.